The second-order valence-corrected chi connectivity index (χ2v) is 4.46. The Morgan fingerprint density at radius 2 is 2.40 bits per heavy atom. The van der Waals surface area contributed by atoms with Crippen molar-refractivity contribution in [1.29, 1.82) is 0 Å². The summed E-state index contributed by atoms with van der Waals surface area (Å²) < 4.78 is 2.52. The highest BCUT2D eigenvalue weighted by molar-refractivity contribution is 7.71. The van der Waals surface area contributed by atoms with E-state index in [4.69, 9.17) is 12.2 Å². The van der Waals surface area contributed by atoms with Crippen molar-refractivity contribution in [2.45, 2.75) is 18.9 Å². The molecule has 2 heterocycles. The van der Waals surface area contributed by atoms with Gasteiger partial charge in [0.25, 0.3) is 5.56 Å². The first-order chi connectivity index (χ1) is 7.16. The van der Waals surface area contributed by atoms with E-state index in [0.717, 1.165) is 19.5 Å². The molecule has 4 nitrogen and oxygen atoms in total. The van der Waals surface area contributed by atoms with Crippen molar-refractivity contribution in [3.8, 4) is 0 Å². The minimum absolute atomic E-state index is 0.125. The zero-order valence-corrected chi connectivity index (χ0v) is 9.59. The molecule has 1 fully saturated rings. The second kappa shape index (κ2) is 4.28. The Labute approximate surface area is 93.5 Å². The minimum atomic E-state index is -0.125. The number of rotatable bonds is 1. The van der Waals surface area contributed by atoms with Gasteiger partial charge >= 0.3 is 0 Å². The maximum absolute atomic E-state index is 11.0. The molecule has 0 amide bonds. The van der Waals surface area contributed by atoms with Gasteiger partial charge in [0.15, 0.2) is 4.77 Å². The molecular formula is C10H15N3OS. The summed E-state index contributed by atoms with van der Waals surface area (Å²) in [5.41, 5.74) is -0.125. The Kier molecular flexibility index (Phi) is 3.02. The van der Waals surface area contributed by atoms with Gasteiger partial charge in [-0.05, 0) is 38.7 Å². The van der Waals surface area contributed by atoms with E-state index in [0.29, 0.717) is 10.8 Å². The molecule has 0 bridgehead atoms. The van der Waals surface area contributed by atoms with E-state index in [1.807, 2.05) is 4.57 Å². The molecule has 0 aliphatic carbocycles. The number of hydrogen-bond acceptors (Lipinski definition) is 3. The van der Waals surface area contributed by atoms with E-state index in [2.05, 4.69) is 16.9 Å². The summed E-state index contributed by atoms with van der Waals surface area (Å²) in [6, 6.07) is 1.93. The van der Waals surface area contributed by atoms with Gasteiger partial charge in [-0.1, -0.05) is 0 Å². The van der Waals surface area contributed by atoms with Crippen LogP contribution in [0.25, 0.3) is 0 Å². The maximum atomic E-state index is 11.0. The number of piperidine rings is 1. The minimum Gasteiger partial charge on any atom is -0.321 e. The molecule has 0 aromatic carbocycles. The third-order valence-corrected chi connectivity index (χ3v) is 3.16. The summed E-state index contributed by atoms with van der Waals surface area (Å²) in [5.74, 6) is 0. The van der Waals surface area contributed by atoms with Crippen molar-refractivity contribution in [2.24, 2.45) is 0 Å². The van der Waals surface area contributed by atoms with Crippen molar-refractivity contribution in [3.63, 3.8) is 0 Å². The molecule has 5 heteroatoms. The van der Waals surface area contributed by atoms with E-state index in [-0.39, 0.29) is 5.56 Å². The largest absolute Gasteiger partial charge is 0.321 e. The van der Waals surface area contributed by atoms with Crippen LogP contribution in [0.4, 0.5) is 0 Å². The molecular weight excluding hydrogens is 210 g/mol. The van der Waals surface area contributed by atoms with Crippen LogP contribution in [0.15, 0.2) is 17.1 Å². The van der Waals surface area contributed by atoms with Crippen molar-refractivity contribution >= 4 is 12.2 Å². The molecule has 1 atom stereocenters. The molecule has 82 valence electrons. The monoisotopic (exact) mass is 225 g/mol. The summed E-state index contributed by atoms with van der Waals surface area (Å²) >= 11 is 5.15. The topological polar surface area (TPSA) is 41.0 Å². The van der Waals surface area contributed by atoms with E-state index in [9.17, 15) is 4.79 Å². The molecule has 0 radical (unpaired) electrons. The van der Waals surface area contributed by atoms with Crippen LogP contribution in [0.3, 0.4) is 0 Å². The fourth-order valence-electron chi connectivity index (χ4n) is 2.08. The van der Waals surface area contributed by atoms with Gasteiger partial charge in [-0.25, -0.2) is 0 Å². The SMILES string of the molecule is CN1CCCC(n2ccc(=O)[nH]c2=S)C1. The fourth-order valence-corrected chi connectivity index (χ4v) is 2.39. The van der Waals surface area contributed by atoms with E-state index in [1.165, 1.54) is 12.5 Å². The van der Waals surface area contributed by atoms with Gasteiger partial charge in [-0.3, -0.25) is 9.78 Å². The van der Waals surface area contributed by atoms with Crippen LogP contribution in [0, 0.1) is 4.77 Å². The van der Waals surface area contributed by atoms with Crippen molar-refractivity contribution in [3.05, 3.63) is 27.4 Å². The second-order valence-electron chi connectivity index (χ2n) is 4.08. The summed E-state index contributed by atoms with van der Waals surface area (Å²) in [5, 5.41) is 0. The molecule has 0 spiro atoms. The Morgan fingerprint density at radius 1 is 1.60 bits per heavy atom. The Morgan fingerprint density at radius 3 is 3.07 bits per heavy atom. The predicted octanol–water partition coefficient (Wildman–Crippen LogP) is 1.17. The van der Waals surface area contributed by atoms with Crippen molar-refractivity contribution < 1.29 is 0 Å². The Bertz CT molecular complexity index is 450. The third-order valence-electron chi connectivity index (χ3n) is 2.84. The highest BCUT2D eigenvalue weighted by Gasteiger charge is 2.18. The highest BCUT2D eigenvalue weighted by Crippen LogP contribution is 2.19. The highest BCUT2D eigenvalue weighted by atomic mass is 32.1. The first kappa shape index (κ1) is 10.6. The van der Waals surface area contributed by atoms with Gasteiger partial charge in [-0.15, -0.1) is 0 Å². The average Bonchev–Trinajstić information content (AvgIpc) is 2.17. The molecule has 1 aromatic heterocycles. The Balaban J connectivity index is 2.29. The van der Waals surface area contributed by atoms with Crippen LogP contribution >= 0.6 is 12.2 Å². The van der Waals surface area contributed by atoms with E-state index >= 15 is 0 Å². The van der Waals surface area contributed by atoms with Gasteiger partial charge in [-0.2, -0.15) is 0 Å². The quantitative estimate of drug-likeness (QED) is 0.729. The molecule has 1 aliphatic heterocycles. The number of hydrogen-bond donors (Lipinski definition) is 1. The van der Waals surface area contributed by atoms with Gasteiger partial charge in [0, 0.05) is 24.8 Å². The number of likely N-dealkylation sites (tertiary alicyclic amines) is 1. The van der Waals surface area contributed by atoms with Crippen molar-refractivity contribution in [2.75, 3.05) is 20.1 Å². The van der Waals surface area contributed by atoms with Crippen LogP contribution in [-0.4, -0.2) is 34.6 Å². The number of likely N-dealkylation sites (N-methyl/N-ethyl adjacent to an activating group) is 1. The third kappa shape index (κ3) is 2.35. The molecule has 15 heavy (non-hydrogen) atoms. The van der Waals surface area contributed by atoms with Crippen LogP contribution in [0.1, 0.15) is 18.9 Å². The smallest absolute Gasteiger partial charge is 0.251 e. The first-order valence-electron chi connectivity index (χ1n) is 5.17. The van der Waals surface area contributed by atoms with Gasteiger partial charge in [0.2, 0.25) is 0 Å². The lowest BCUT2D eigenvalue weighted by Gasteiger charge is -2.31. The maximum Gasteiger partial charge on any atom is 0.251 e. The lowest BCUT2D eigenvalue weighted by molar-refractivity contribution is 0.209. The molecule has 0 saturated carbocycles. The molecule has 1 N–H and O–H groups in total. The summed E-state index contributed by atoms with van der Waals surface area (Å²) in [6.45, 7) is 2.15. The molecule has 1 aliphatic rings. The molecule has 1 saturated heterocycles. The van der Waals surface area contributed by atoms with Crippen LogP contribution in [0.5, 0.6) is 0 Å². The molecule has 1 aromatic rings. The number of nitrogens with zero attached hydrogens (tertiary/aromatic N) is 2. The lowest BCUT2D eigenvalue weighted by Crippen LogP contribution is -2.34. The summed E-state index contributed by atoms with van der Waals surface area (Å²) in [6.07, 6.45) is 4.11. The van der Waals surface area contributed by atoms with Crippen molar-refractivity contribution in [1.82, 2.24) is 14.5 Å². The summed E-state index contributed by atoms with van der Waals surface area (Å²) in [4.78, 5) is 16.0. The fraction of sp³-hybridized carbons (Fsp3) is 0.600. The van der Waals surface area contributed by atoms with E-state index < -0.39 is 0 Å². The Hall–Kier alpha value is -0.940. The molecule has 2 rings (SSSR count). The van der Waals surface area contributed by atoms with Crippen LogP contribution in [0.2, 0.25) is 0 Å². The predicted molar refractivity (Wildman–Crippen MR) is 61.7 cm³/mol. The number of aromatic nitrogens is 2. The zero-order valence-electron chi connectivity index (χ0n) is 8.77. The standard InChI is InChI=1S/C10H15N3OS/c1-12-5-2-3-8(7-12)13-6-4-9(14)11-10(13)15/h4,6,8H,2-3,5,7H2,1H3,(H,11,14,15). The van der Waals surface area contributed by atoms with Crippen LogP contribution in [-0.2, 0) is 0 Å². The van der Waals surface area contributed by atoms with E-state index in [1.54, 1.807) is 6.20 Å². The number of nitrogens with one attached hydrogen (secondary N) is 1. The van der Waals surface area contributed by atoms with Gasteiger partial charge in [0.1, 0.15) is 0 Å². The van der Waals surface area contributed by atoms with Gasteiger partial charge in [0.05, 0.1) is 0 Å². The average molecular weight is 225 g/mol. The van der Waals surface area contributed by atoms with Crippen LogP contribution < -0.4 is 5.56 Å². The first-order valence-corrected chi connectivity index (χ1v) is 5.57. The zero-order chi connectivity index (χ0) is 10.8. The molecule has 1 unspecified atom stereocenters. The number of H-pyrrole nitrogens is 1. The number of aromatic amines is 1. The van der Waals surface area contributed by atoms with Gasteiger partial charge < -0.3 is 9.47 Å². The summed E-state index contributed by atoms with van der Waals surface area (Å²) in [7, 11) is 2.11. The normalized spacial score (nSPS) is 22.9. The lowest BCUT2D eigenvalue weighted by atomic mass is 10.1.